The van der Waals surface area contributed by atoms with Crippen molar-refractivity contribution in [3.63, 3.8) is 0 Å². The lowest BCUT2D eigenvalue weighted by atomic mass is 9.88. The van der Waals surface area contributed by atoms with Gasteiger partial charge in [0.2, 0.25) is 17.8 Å². The highest BCUT2D eigenvalue weighted by atomic mass is 32.2. The lowest BCUT2D eigenvalue weighted by Gasteiger charge is -2.26. The van der Waals surface area contributed by atoms with Crippen LogP contribution >= 0.6 is 11.8 Å². The van der Waals surface area contributed by atoms with Gasteiger partial charge in [-0.25, -0.2) is 0 Å². The molecule has 0 saturated carbocycles. The first-order valence-electron chi connectivity index (χ1n) is 10.4. The molecule has 7 nitrogen and oxygen atoms in total. The molecule has 0 aliphatic heterocycles. The van der Waals surface area contributed by atoms with Gasteiger partial charge in [0.15, 0.2) is 0 Å². The number of para-hydroxylation sites is 1. The Morgan fingerprint density at radius 1 is 1.13 bits per heavy atom. The van der Waals surface area contributed by atoms with Gasteiger partial charge < -0.3 is 16.4 Å². The molecular weight excluding hydrogens is 408 g/mol. The molecule has 3 aromatic rings. The Labute approximate surface area is 186 Å². The summed E-state index contributed by atoms with van der Waals surface area (Å²) in [6.07, 6.45) is 3.15. The maximum atomic E-state index is 12.5. The van der Waals surface area contributed by atoms with Crippen LogP contribution in [-0.4, -0.2) is 26.6 Å². The fraction of sp³-hybridized carbons (Fsp3) is 0.304. The van der Waals surface area contributed by atoms with Crippen molar-refractivity contribution in [2.45, 2.75) is 38.0 Å². The standard InChI is InChI=1S/C23H26N6OS/c1-15-7-2-5-11-18(15)26-23-28-20(27-22(24)29-23)13-31-14-21(30)25-19-12-6-9-16-8-3-4-10-17(16)19/h2-5,7-8,10-11,19H,6,9,12-14H2,1H3,(H,25,30)(H3,24,26,27,28,29)/t19-/m1/s1. The van der Waals surface area contributed by atoms with E-state index in [1.54, 1.807) is 0 Å². The van der Waals surface area contributed by atoms with Gasteiger partial charge in [-0.1, -0.05) is 42.5 Å². The second-order valence-electron chi connectivity index (χ2n) is 7.58. The van der Waals surface area contributed by atoms with Crippen LogP contribution in [0, 0.1) is 6.92 Å². The van der Waals surface area contributed by atoms with Gasteiger partial charge >= 0.3 is 0 Å². The average molecular weight is 435 g/mol. The molecule has 31 heavy (non-hydrogen) atoms. The monoisotopic (exact) mass is 434 g/mol. The SMILES string of the molecule is Cc1ccccc1Nc1nc(N)nc(CSCC(=O)N[C@@H]2CCCc3ccccc32)n1. The van der Waals surface area contributed by atoms with Crippen LogP contribution < -0.4 is 16.4 Å². The lowest BCUT2D eigenvalue weighted by molar-refractivity contribution is -0.119. The minimum atomic E-state index is 0.0204. The number of thioether (sulfide) groups is 1. The van der Waals surface area contributed by atoms with Gasteiger partial charge in [-0.15, -0.1) is 11.8 Å². The number of fused-ring (bicyclic) bond motifs is 1. The first kappa shape index (κ1) is 21.1. The van der Waals surface area contributed by atoms with Crippen LogP contribution in [0.15, 0.2) is 48.5 Å². The largest absolute Gasteiger partial charge is 0.368 e. The summed E-state index contributed by atoms with van der Waals surface area (Å²) >= 11 is 1.46. The van der Waals surface area contributed by atoms with E-state index in [4.69, 9.17) is 5.73 Å². The molecule has 0 unspecified atom stereocenters. The van der Waals surface area contributed by atoms with Gasteiger partial charge in [-0.3, -0.25) is 4.79 Å². The van der Waals surface area contributed by atoms with Crippen molar-refractivity contribution < 1.29 is 4.79 Å². The van der Waals surface area contributed by atoms with Gasteiger partial charge in [0.1, 0.15) is 5.82 Å². The van der Waals surface area contributed by atoms with Gasteiger partial charge in [0.25, 0.3) is 0 Å². The second-order valence-corrected chi connectivity index (χ2v) is 8.56. The minimum absolute atomic E-state index is 0.0204. The number of aryl methyl sites for hydroxylation is 2. The van der Waals surface area contributed by atoms with Crippen LogP contribution in [0.2, 0.25) is 0 Å². The third-order valence-electron chi connectivity index (χ3n) is 5.26. The number of carbonyl (C=O) groups is 1. The van der Waals surface area contributed by atoms with Gasteiger partial charge in [0, 0.05) is 5.69 Å². The number of amides is 1. The number of nitrogens with zero attached hydrogens (tertiary/aromatic N) is 3. The third-order valence-corrected chi connectivity index (χ3v) is 6.19. The van der Waals surface area contributed by atoms with Crippen molar-refractivity contribution in [2.24, 2.45) is 0 Å². The summed E-state index contributed by atoms with van der Waals surface area (Å²) in [4.78, 5) is 25.3. The van der Waals surface area contributed by atoms with Crippen LogP contribution in [-0.2, 0) is 17.0 Å². The molecule has 8 heteroatoms. The Balaban J connectivity index is 1.32. The number of anilines is 3. The highest BCUT2D eigenvalue weighted by molar-refractivity contribution is 7.99. The Bertz CT molecular complexity index is 1070. The fourth-order valence-corrected chi connectivity index (χ4v) is 4.45. The molecule has 4 N–H and O–H groups in total. The summed E-state index contributed by atoms with van der Waals surface area (Å²) in [5, 5.41) is 6.36. The van der Waals surface area contributed by atoms with E-state index >= 15 is 0 Å². The van der Waals surface area contributed by atoms with Crippen molar-refractivity contribution in [1.29, 1.82) is 0 Å². The number of rotatable bonds is 7. The quantitative estimate of drug-likeness (QED) is 0.517. The van der Waals surface area contributed by atoms with Crippen molar-refractivity contribution >= 4 is 35.3 Å². The Morgan fingerprint density at radius 2 is 1.94 bits per heavy atom. The van der Waals surface area contributed by atoms with Crippen LogP contribution in [0.3, 0.4) is 0 Å². The van der Waals surface area contributed by atoms with Gasteiger partial charge in [-0.05, 0) is 48.9 Å². The third kappa shape index (κ3) is 5.52. The molecule has 1 aliphatic rings. The zero-order valence-electron chi connectivity index (χ0n) is 17.5. The van der Waals surface area contributed by atoms with Gasteiger partial charge in [-0.2, -0.15) is 15.0 Å². The molecule has 0 radical (unpaired) electrons. The Morgan fingerprint density at radius 3 is 2.81 bits per heavy atom. The van der Waals surface area contributed by atoms with Crippen molar-refractivity contribution in [3.05, 3.63) is 71.0 Å². The fourth-order valence-electron chi connectivity index (χ4n) is 3.77. The zero-order chi connectivity index (χ0) is 21.6. The predicted molar refractivity (Wildman–Crippen MR) is 125 cm³/mol. The molecule has 160 valence electrons. The number of benzene rings is 2. The first-order chi connectivity index (χ1) is 15.1. The van der Waals surface area contributed by atoms with Crippen molar-refractivity contribution in [1.82, 2.24) is 20.3 Å². The molecule has 1 heterocycles. The van der Waals surface area contributed by atoms with E-state index in [0.717, 1.165) is 30.5 Å². The van der Waals surface area contributed by atoms with E-state index in [9.17, 15) is 4.79 Å². The van der Waals surface area contributed by atoms with E-state index in [1.807, 2.05) is 37.3 Å². The average Bonchev–Trinajstić information content (AvgIpc) is 2.75. The summed E-state index contributed by atoms with van der Waals surface area (Å²) in [5.74, 6) is 1.94. The number of nitrogen functional groups attached to an aromatic ring is 1. The smallest absolute Gasteiger partial charge is 0.232 e. The van der Waals surface area contributed by atoms with E-state index in [2.05, 4.69) is 43.8 Å². The van der Waals surface area contributed by atoms with Crippen molar-refractivity contribution in [2.75, 3.05) is 16.8 Å². The molecule has 1 aromatic heterocycles. The molecule has 1 aliphatic carbocycles. The Hall–Kier alpha value is -3.13. The minimum Gasteiger partial charge on any atom is -0.368 e. The van der Waals surface area contributed by atoms with E-state index in [1.165, 1.54) is 22.9 Å². The molecule has 0 saturated heterocycles. The van der Waals surface area contributed by atoms with Crippen LogP contribution in [0.5, 0.6) is 0 Å². The highest BCUT2D eigenvalue weighted by Crippen LogP contribution is 2.29. The molecule has 2 aromatic carbocycles. The van der Waals surface area contributed by atoms with Crippen molar-refractivity contribution in [3.8, 4) is 0 Å². The first-order valence-corrected chi connectivity index (χ1v) is 11.5. The summed E-state index contributed by atoms with van der Waals surface area (Å²) in [6, 6.07) is 16.3. The van der Waals surface area contributed by atoms with Crippen LogP contribution in [0.25, 0.3) is 0 Å². The number of hydrogen-bond donors (Lipinski definition) is 3. The highest BCUT2D eigenvalue weighted by Gasteiger charge is 2.21. The summed E-state index contributed by atoms with van der Waals surface area (Å²) in [7, 11) is 0. The maximum Gasteiger partial charge on any atom is 0.232 e. The summed E-state index contributed by atoms with van der Waals surface area (Å²) < 4.78 is 0. The number of carbonyl (C=O) groups excluding carboxylic acids is 1. The van der Waals surface area contributed by atoms with E-state index in [-0.39, 0.29) is 17.9 Å². The maximum absolute atomic E-state index is 12.5. The molecule has 1 amide bonds. The predicted octanol–water partition coefficient (Wildman–Crippen LogP) is 3.93. The number of aromatic nitrogens is 3. The summed E-state index contributed by atoms with van der Waals surface area (Å²) in [5.41, 5.74) is 10.4. The molecule has 0 spiro atoms. The molecule has 0 fully saturated rings. The molecule has 0 bridgehead atoms. The normalized spacial score (nSPS) is 15.2. The number of nitrogens with two attached hydrogens (primary N) is 1. The zero-order valence-corrected chi connectivity index (χ0v) is 18.3. The number of hydrogen-bond acceptors (Lipinski definition) is 7. The van der Waals surface area contributed by atoms with Gasteiger partial charge in [0.05, 0.1) is 17.5 Å². The molecular formula is C23H26N6OS. The molecule has 4 rings (SSSR count). The van der Waals surface area contributed by atoms with Crippen LogP contribution in [0.4, 0.5) is 17.6 Å². The Kier molecular flexibility index (Phi) is 6.66. The van der Waals surface area contributed by atoms with Crippen LogP contribution in [0.1, 0.15) is 41.4 Å². The lowest BCUT2D eigenvalue weighted by Crippen LogP contribution is -2.32. The topological polar surface area (TPSA) is 106 Å². The number of nitrogens with one attached hydrogen (secondary N) is 2. The van der Waals surface area contributed by atoms with E-state index in [0.29, 0.717) is 23.3 Å². The van der Waals surface area contributed by atoms with E-state index < -0.39 is 0 Å². The summed E-state index contributed by atoms with van der Waals surface area (Å²) in [6.45, 7) is 2.01. The second kappa shape index (κ2) is 9.78. The molecule has 1 atom stereocenters.